The average Bonchev–Trinajstić information content (AvgIpc) is 2.94. The van der Waals surface area contributed by atoms with Gasteiger partial charge in [0.25, 0.3) is 21.8 Å². The van der Waals surface area contributed by atoms with Crippen molar-refractivity contribution in [2.24, 2.45) is 0 Å². The van der Waals surface area contributed by atoms with Crippen LogP contribution in [-0.2, 0) is 14.8 Å². The molecule has 160 valence electrons. The molecule has 9 heteroatoms. The van der Waals surface area contributed by atoms with Crippen molar-refractivity contribution in [2.45, 2.75) is 37.6 Å². The molecule has 0 aromatic heterocycles. The Bertz CT molecular complexity index is 1270. The number of fused-ring (bicyclic) bond motifs is 1. The van der Waals surface area contributed by atoms with E-state index in [-0.39, 0.29) is 21.7 Å². The van der Waals surface area contributed by atoms with Crippen LogP contribution in [0.25, 0.3) is 0 Å². The second kappa shape index (κ2) is 7.35. The van der Waals surface area contributed by atoms with E-state index in [0.29, 0.717) is 18.5 Å². The zero-order valence-corrected chi connectivity index (χ0v) is 17.9. The van der Waals surface area contributed by atoms with Crippen molar-refractivity contribution in [3.05, 3.63) is 70.9 Å². The summed E-state index contributed by atoms with van der Waals surface area (Å²) in [5.74, 6) is -1.66. The van der Waals surface area contributed by atoms with Gasteiger partial charge < -0.3 is 5.32 Å². The molecule has 2 aliphatic rings. The number of anilines is 1. The number of hydrogen-bond acceptors (Lipinski definition) is 5. The topological polar surface area (TPSA) is 113 Å². The first-order valence-corrected chi connectivity index (χ1v) is 11.2. The van der Waals surface area contributed by atoms with E-state index in [1.165, 1.54) is 24.3 Å². The molecule has 0 bridgehead atoms. The molecule has 2 heterocycles. The first kappa shape index (κ1) is 20.8. The number of aryl methyl sites for hydroxylation is 2. The van der Waals surface area contributed by atoms with Crippen LogP contribution in [0.4, 0.5) is 5.69 Å². The van der Waals surface area contributed by atoms with E-state index in [0.717, 1.165) is 16.0 Å². The third kappa shape index (κ3) is 3.61. The van der Waals surface area contributed by atoms with Crippen LogP contribution in [0, 0.1) is 13.8 Å². The highest BCUT2D eigenvalue weighted by molar-refractivity contribution is 7.92. The van der Waals surface area contributed by atoms with E-state index in [2.05, 4.69) is 16.6 Å². The Labute approximate surface area is 180 Å². The van der Waals surface area contributed by atoms with E-state index >= 15 is 0 Å². The lowest BCUT2D eigenvalue weighted by molar-refractivity contribution is -0.125. The molecular formula is C22H21N3O5S. The molecule has 2 aromatic rings. The SMILES string of the molecule is C=C1CCC(N2C(=O)c3ccc(NS(=O)(=O)c4ccc(C)c(C)c4)cc3C2=O)C(=O)N1. The number of amides is 3. The van der Waals surface area contributed by atoms with Crippen molar-refractivity contribution < 1.29 is 22.8 Å². The maximum atomic E-state index is 12.9. The number of hydrogen-bond donors (Lipinski definition) is 2. The maximum absolute atomic E-state index is 12.9. The Morgan fingerprint density at radius 3 is 2.39 bits per heavy atom. The number of carbonyl (C=O) groups excluding carboxylic acids is 3. The molecule has 2 aliphatic heterocycles. The maximum Gasteiger partial charge on any atom is 0.262 e. The van der Waals surface area contributed by atoms with E-state index in [1.807, 2.05) is 13.8 Å². The van der Waals surface area contributed by atoms with Crippen molar-refractivity contribution in [1.82, 2.24) is 10.2 Å². The highest BCUT2D eigenvalue weighted by Crippen LogP contribution is 2.31. The van der Waals surface area contributed by atoms with Crippen LogP contribution in [0.1, 0.15) is 44.7 Å². The molecule has 0 radical (unpaired) electrons. The molecule has 0 spiro atoms. The lowest BCUT2D eigenvalue weighted by Gasteiger charge is -2.29. The molecule has 1 atom stereocenters. The summed E-state index contributed by atoms with van der Waals surface area (Å²) in [5.41, 5.74) is 2.69. The standard InChI is InChI=1S/C22H21N3O5S/c1-12-4-7-16(10-13(12)2)31(29,30)24-15-6-8-17-18(11-15)22(28)25(21(17)27)19-9-5-14(3)23-20(19)26/h4,6-8,10-11,19,24H,3,5,9H2,1-2H3,(H,23,26). The minimum atomic E-state index is -3.88. The van der Waals surface area contributed by atoms with Gasteiger partial charge >= 0.3 is 0 Å². The zero-order valence-electron chi connectivity index (χ0n) is 17.1. The molecule has 1 unspecified atom stereocenters. The monoisotopic (exact) mass is 439 g/mol. The first-order valence-electron chi connectivity index (χ1n) is 9.69. The van der Waals surface area contributed by atoms with E-state index in [9.17, 15) is 22.8 Å². The highest BCUT2D eigenvalue weighted by atomic mass is 32.2. The van der Waals surface area contributed by atoms with Crippen LogP contribution in [-0.4, -0.2) is 37.1 Å². The summed E-state index contributed by atoms with van der Waals surface area (Å²) in [5, 5.41) is 2.57. The minimum Gasteiger partial charge on any atom is -0.329 e. The van der Waals surface area contributed by atoms with Crippen molar-refractivity contribution in [1.29, 1.82) is 0 Å². The van der Waals surface area contributed by atoms with Crippen molar-refractivity contribution in [3.8, 4) is 0 Å². The van der Waals surface area contributed by atoms with Crippen LogP contribution in [0.2, 0.25) is 0 Å². The summed E-state index contributed by atoms with van der Waals surface area (Å²) < 4.78 is 28.0. The molecule has 8 nitrogen and oxygen atoms in total. The summed E-state index contributed by atoms with van der Waals surface area (Å²) >= 11 is 0. The molecule has 4 rings (SSSR count). The van der Waals surface area contributed by atoms with E-state index in [4.69, 9.17) is 0 Å². The highest BCUT2D eigenvalue weighted by Gasteiger charge is 2.44. The van der Waals surface area contributed by atoms with Gasteiger partial charge in [-0.15, -0.1) is 0 Å². The summed E-state index contributed by atoms with van der Waals surface area (Å²) in [6, 6.07) is 8.02. The van der Waals surface area contributed by atoms with Crippen LogP contribution in [0.15, 0.2) is 53.6 Å². The molecule has 2 aromatic carbocycles. The number of nitrogens with zero attached hydrogens (tertiary/aromatic N) is 1. The largest absolute Gasteiger partial charge is 0.329 e. The zero-order chi connectivity index (χ0) is 22.5. The molecule has 1 fully saturated rings. The second-order valence-electron chi connectivity index (χ2n) is 7.74. The number of piperidine rings is 1. The minimum absolute atomic E-state index is 0.0579. The molecular weight excluding hydrogens is 418 g/mol. The third-order valence-corrected chi connectivity index (χ3v) is 6.97. The Hall–Kier alpha value is -3.46. The smallest absolute Gasteiger partial charge is 0.262 e. The van der Waals surface area contributed by atoms with Gasteiger partial charge in [-0.05, 0) is 68.1 Å². The predicted octanol–water partition coefficient (Wildman–Crippen LogP) is 2.49. The fourth-order valence-electron chi connectivity index (χ4n) is 3.71. The van der Waals surface area contributed by atoms with Gasteiger partial charge in [0.2, 0.25) is 5.91 Å². The predicted molar refractivity (Wildman–Crippen MR) is 114 cm³/mol. The average molecular weight is 439 g/mol. The summed E-state index contributed by atoms with van der Waals surface area (Å²) in [4.78, 5) is 39.0. The number of carbonyl (C=O) groups is 3. The second-order valence-corrected chi connectivity index (χ2v) is 9.42. The van der Waals surface area contributed by atoms with Gasteiger partial charge in [0.05, 0.1) is 16.0 Å². The fraction of sp³-hybridized carbons (Fsp3) is 0.227. The summed E-state index contributed by atoms with van der Waals surface area (Å²) in [6.07, 6.45) is 0.757. The van der Waals surface area contributed by atoms with E-state index < -0.39 is 33.8 Å². The van der Waals surface area contributed by atoms with E-state index in [1.54, 1.807) is 12.1 Å². The number of nitrogens with one attached hydrogen (secondary N) is 2. The molecule has 3 amide bonds. The fourth-order valence-corrected chi connectivity index (χ4v) is 4.84. The van der Waals surface area contributed by atoms with Gasteiger partial charge in [0.1, 0.15) is 6.04 Å². The molecule has 31 heavy (non-hydrogen) atoms. The van der Waals surface area contributed by atoms with Gasteiger partial charge in [0.15, 0.2) is 0 Å². The van der Waals surface area contributed by atoms with Gasteiger partial charge in [-0.3, -0.25) is 24.0 Å². The van der Waals surface area contributed by atoms with Crippen LogP contribution < -0.4 is 10.0 Å². The number of allylic oxidation sites excluding steroid dienone is 1. The van der Waals surface area contributed by atoms with Crippen LogP contribution >= 0.6 is 0 Å². The van der Waals surface area contributed by atoms with Gasteiger partial charge in [0, 0.05) is 11.4 Å². The molecule has 0 aliphatic carbocycles. The number of sulfonamides is 1. The lowest BCUT2D eigenvalue weighted by Crippen LogP contribution is -2.51. The number of imide groups is 1. The van der Waals surface area contributed by atoms with Crippen LogP contribution in [0.3, 0.4) is 0 Å². The normalized spacial score (nSPS) is 18.8. The third-order valence-electron chi connectivity index (χ3n) is 5.59. The van der Waals surface area contributed by atoms with Crippen molar-refractivity contribution in [2.75, 3.05) is 4.72 Å². The number of benzene rings is 2. The van der Waals surface area contributed by atoms with Gasteiger partial charge in [-0.1, -0.05) is 12.6 Å². The van der Waals surface area contributed by atoms with Crippen LogP contribution in [0.5, 0.6) is 0 Å². The van der Waals surface area contributed by atoms with Crippen molar-refractivity contribution in [3.63, 3.8) is 0 Å². The molecule has 1 saturated heterocycles. The summed E-state index contributed by atoms with van der Waals surface area (Å²) in [6.45, 7) is 7.40. The molecule has 2 N–H and O–H groups in total. The molecule has 0 saturated carbocycles. The Morgan fingerprint density at radius 1 is 1.00 bits per heavy atom. The first-order chi connectivity index (χ1) is 14.6. The Morgan fingerprint density at radius 2 is 1.71 bits per heavy atom. The quantitative estimate of drug-likeness (QED) is 0.711. The lowest BCUT2D eigenvalue weighted by atomic mass is 10.0. The Balaban J connectivity index is 1.62. The Kier molecular flexibility index (Phi) is 4.93. The number of rotatable bonds is 4. The van der Waals surface area contributed by atoms with Gasteiger partial charge in [-0.2, -0.15) is 0 Å². The van der Waals surface area contributed by atoms with Crippen molar-refractivity contribution >= 4 is 33.4 Å². The van der Waals surface area contributed by atoms with Gasteiger partial charge in [-0.25, -0.2) is 8.42 Å². The summed E-state index contributed by atoms with van der Waals surface area (Å²) in [7, 11) is -3.88.